The SMILES string of the molecule is COC[C@@H]1CN[C@H](c2ncc(-c3ccc4c(c3)COc3cc5c(ccc6nc([C@@H]7C[C@H](COC(F)F)CN7C(=O)OC(C)(C)C)[nH]c65)cc3-4)[nH]2)C1. The van der Waals surface area contributed by atoms with Crippen LogP contribution < -0.4 is 10.1 Å². The van der Waals surface area contributed by atoms with Gasteiger partial charge in [-0.15, -0.1) is 0 Å². The molecule has 1 amide bonds. The molecule has 0 spiro atoms. The van der Waals surface area contributed by atoms with Crippen molar-refractivity contribution in [3.05, 3.63) is 65.9 Å². The molecule has 0 radical (unpaired) electrons. The van der Waals surface area contributed by atoms with Gasteiger partial charge in [-0.05, 0) is 85.9 Å². The number of benzene rings is 3. The van der Waals surface area contributed by atoms with Crippen molar-refractivity contribution in [3.8, 4) is 28.1 Å². The van der Waals surface area contributed by atoms with Crippen LogP contribution in [-0.2, 0) is 20.8 Å². The fourth-order valence-corrected chi connectivity index (χ4v) is 7.71. The molecule has 51 heavy (non-hydrogen) atoms. The maximum Gasteiger partial charge on any atom is 0.410 e. The summed E-state index contributed by atoms with van der Waals surface area (Å²) in [5.74, 6) is 2.47. The summed E-state index contributed by atoms with van der Waals surface area (Å²) in [7, 11) is 1.74. The molecule has 2 saturated heterocycles. The van der Waals surface area contributed by atoms with Crippen LogP contribution in [0.25, 0.3) is 44.2 Å². The lowest BCUT2D eigenvalue weighted by Crippen LogP contribution is -2.37. The molecule has 3 aromatic carbocycles. The first kappa shape index (κ1) is 33.5. The summed E-state index contributed by atoms with van der Waals surface area (Å²) >= 11 is 0. The molecule has 13 heteroatoms. The van der Waals surface area contributed by atoms with E-state index in [1.54, 1.807) is 32.8 Å². The normalized spacial score (nSPS) is 21.7. The van der Waals surface area contributed by atoms with E-state index in [1.807, 2.05) is 24.4 Å². The molecule has 2 fully saturated rings. The van der Waals surface area contributed by atoms with Crippen molar-refractivity contribution in [1.29, 1.82) is 0 Å². The van der Waals surface area contributed by atoms with Gasteiger partial charge in [-0.25, -0.2) is 14.8 Å². The molecular formula is C38H42F2N6O5. The summed E-state index contributed by atoms with van der Waals surface area (Å²) in [6.45, 7) is 4.64. The van der Waals surface area contributed by atoms with E-state index < -0.39 is 24.3 Å². The van der Waals surface area contributed by atoms with Crippen molar-refractivity contribution in [1.82, 2.24) is 30.2 Å². The molecular weight excluding hydrogens is 658 g/mol. The van der Waals surface area contributed by atoms with Gasteiger partial charge in [0.1, 0.15) is 29.6 Å². The van der Waals surface area contributed by atoms with E-state index in [0.717, 1.165) is 80.9 Å². The number of hydrogen-bond donors (Lipinski definition) is 3. The van der Waals surface area contributed by atoms with Crippen LogP contribution in [0.3, 0.4) is 0 Å². The number of carbonyl (C=O) groups excluding carboxylic acids is 1. The van der Waals surface area contributed by atoms with Crippen molar-refractivity contribution in [2.45, 2.75) is 64.5 Å². The predicted molar refractivity (Wildman–Crippen MR) is 187 cm³/mol. The first-order valence-electron chi connectivity index (χ1n) is 17.4. The molecule has 4 atom stereocenters. The third-order valence-corrected chi connectivity index (χ3v) is 10.0. The second-order valence-corrected chi connectivity index (χ2v) is 14.9. The highest BCUT2D eigenvalue weighted by Crippen LogP contribution is 2.43. The lowest BCUT2D eigenvalue weighted by atomic mass is 9.92. The summed E-state index contributed by atoms with van der Waals surface area (Å²) in [6.07, 6.45) is 2.78. The van der Waals surface area contributed by atoms with E-state index >= 15 is 0 Å². The van der Waals surface area contributed by atoms with Crippen molar-refractivity contribution in [3.63, 3.8) is 0 Å². The molecule has 3 N–H and O–H groups in total. The second kappa shape index (κ2) is 13.2. The number of methoxy groups -OCH3 is 1. The van der Waals surface area contributed by atoms with Crippen LogP contribution in [0.2, 0.25) is 0 Å². The van der Waals surface area contributed by atoms with E-state index in [9.17, 15) is 13.6 Å². The van der Waals surface area contributed by atoms with Crippen LogP contribution in [0, 0.1) is 11.8 Å². The summed E-state index contributed by atoms with van der Waals surface area (Å²) in [5, 5.41) is 5.49. The lowest BCUT2D eigenvalue weighted by Gasteiger charge is -2.27. The average molecular weight is 701 g/mol. The van der Waals surface area contributed by atoms with Crippen LogP contribution >= 0.6 is 0 Å². The number of imidazole rings is 2. The Labute approximate surface area is 294 Å². The number of fused-ring (bicyclic) bond motifs is 6. The van der Waals surface area contributed by atoms with Crippen molar-refractivity contribution >= 4 is 27.9 Å². The molecule has 0 unspecified atom stereocenters. The van der Waals surface area contributed by atoms with Gasteiger partial charge in [0.05, 0.1) is 48.2 Å². The number of halogens is 2. The zero-order chi connectivity index (χ0) is 35.4. The summed E-state index contributed by atoms with van der Waals surface area (Å²) in [4.78, 5) is 31.4. The Morgan fingerprint density at radius 1 is 1.04 bits per heavy atom. The van der Waals surface area contributed by atoms with E-state index in [-0.39, 0.29) is 25.1 Å². The Kier molecular flexibility index (Phi) is 8.67. The lowest BCUT2D eigenvalue weighted by molar-refractivity contribution is -0.137. The average Bonchev–Trinajstić information content (AvgIpc) is 3.91. The van der Waals surface area contributed by atoms with Gasteiger partial charge in [0.25, 0.3) is 0 Å². The predicted octanol–water partition coefficient (Wildman–Crippen LogP) is 7.50. The number of nitrogens with one attached hydrogen (secondary N) is 3. The Hall–Kier alpha value is -4.59. The zero-order valence-corrected chi connectivity index (χ0v) is 29.1. The van der Waals surface area contributed by atoms with Crippen LogP contribution in [0.4, 0.5) is 13.6 Å². The van der Waals surface area contributed by atoms with Gasteiger partial charge >= 0.3 is 12.7 Å². The molecule has 0 bridgehead atoms. The third kappa shape index (κ3) is 6.65. The highest BCUT2D eigenvalue weighted by Gasteiger charge is 2.40. The topological polar surface area (TPSA) is 127 Å². The Bertz CT molecular complexity index is 2090. The van der Waals surface area contributed by atoms with Gasteiger partial charge in [-0.2, -0.15) is 8.78 Å². The highest BCUT2D eigenvalue weighted by molar-refractivity contribution is 6.07. The maximum atomic E-state index is 13.3. The van der Waals surface area contributed by atoms with Gasteiger partial charge in [0, 0.05) is 37.1 Å². The summed E-state index contributed by atoms with van der Waals surface area (Å²) < 4.78 is 47.8. The van der Waals surface area contributed by atoms with Crippen molar-refractivity contribution in [2.24, 2.45) is 11.8 Å². The van der Waals surface area contributed by atoms with E-state index in [4.69, 9.17) is 24.2 Å². The first-order valence-corrected chi connectivity index (χ1v) is 17.4. The monoisotopic (exact) mass is 700 g/mol. The molecule has 0 aliphatic carbocycles. The van der Waals surface area contributed by atoms with E-state index in [0.29, 0.717) is 24.8 Å². The fraction of sp³-hybridized carbons (Fsp3) is 0.447. The van der Waals surface area contributed by atoms with Crippen LogP contribution in [0.5, 0.6) is 5.75 Å². The molecule has 3 aliphatic heterocycles. The van der Waals surface area contributed by atoms with Crippen LogP contribution in [0.1, 0.15) is 62.9 Å². The highest BCUT2D eigenvalue weighted by atomic mass is 19.3. The van der Waals surface area contributed by atoms with Crippen LogP contribution in [-0.4, -0.2) is 76.6 Å². The summed E-state index contributed by atoms with van der Waals surface area (Å²) in [5.41, 5.74) is 6.06. The number of hydrogen-bond acceptors (Lipinski definition) is 8. The van der Waals surface area contributed by atoms with Gasteiger partial charge in [-0.3, -0.25) is 4.90 Å². The standard InChI is InChI=1S/C38H42F2N6O5/c1-38(2,3)51-37(47)46-16-21(18-50-36(39)40)10-31(46)35-43-28-8-6-22-12-27-25-7-5-23(11-24(25)19-49-32(27)13-26(22)33(28)45-35)30-15-42-34(44-30)29-9-20(14-41-29)17-48-4/h5-8,11-13,15,20-21,29,31,36,41H,9-10,14,16-19H2,1-4H3,(H,42,44)(H,43,45)/t20-,21-,29-,31-/m0/s1. The fourth-order valence-electron chi connectivity index (χ4n) is 7.71. The van der Waals surface area contributed by atoms with E-state index in [1.165, 1.54) is 0 Å². The third-order valence-electron chi connectivity index (χ3n) is 10.0. The quantitative estimate of drug-likeness (QED) is 0.152. The molecule has 5 aromatic rings. The number of rotatable bonds is 8. The molecule has 2 aromatic heterocycles. The van der Waals surface area contributed by atoms with Crippen LogP contribution in [0.15, 0.2) is 48.7 Å². The van der Waals surface area contributed by atoms with Gasteiger partial charge in [-0.1, -0.05) is 18.2 Å². The van der Waals surface area contributed by atoms with E-state index in [2.05, 4.69) is 44.3 Å². The number of carbonyl (C=O) groups is 1. The van der Waals surface area contributed by atoms with Crippen molar-refractivity contribution < 1.29 is 32.5 Å². The number of ether oxygens (including phenoxy) is 4. The zero-order valence-electron chi connectivity index (χ0n) is 29.1. The first-order chi connectivity index (χ1) is 24.5. The molecule has 268 valence electrons. The number of amides is 1. The summed E-state index contributed by atoms with van der Waals surface area (Å²) in [6, 6.07) is 14.3. The molecule has 0 saturated carbocycles. The number of aromatic nitrogens is 4. The van der Waals surface area contributed by atoms with Crippen molar-refractivity contribution in [2.75, 3.05) is 33.4 Å². The molecule has 11 nitrogen and oxygen atoms in total. The Morgan fingerprint density at radius 3 is 2.71 bits per heavy atom. The molecule has 5 heterocycles. The largest absolute Gasteiger partial charge is 0.488 e. The molecule has 8 rings (SSSR count). The number of likely N-dealkylation sites (tertiary alicyclic amines) is 1. The molecule has 3 aliphatic rings. The number of nitrogens with zero attached hydrogens (tertiary/aromatic N) is 3. The van der Waals surface area contributed by atoms with Gasteiger partial charge < -0.3 is 34.2 Å². The number of aromatic amines is 2. The number of alkyl halides is 2. The second-order valence-electron chi connectivity index (χ2n) is 14.9. The number of H-pyrrole nitrogens is 2. The maximum absolute atomic E-state index is 13.3. The van der Waals surface area contributed by atoms with Gasteiger partial charge in [0.2, 0.25) is 0 Å². The minimum Gasteiger partial charge on any atom is -0.488 e. The minimum atomic E-state index is -2.88. The Balaban J connectivity index is 1.07. The smallest absolute Gasteiger partial charge is 0.410 e. The minimum absolute atomic E-state index is 0.167. The Morgan fingerprint density at radius 2 is 1.90 bits per heavy atom. The van der Waals surface area contributed by atoms with Gasteiger partial charge in [0.15, 0.2) is 0 Å².